The molecule has 1 aliphatic rings. The molecule has 0 spiro atoms. The lowest BCUT2D eigenvalue weighted by Crippen LogP contribution is -2.46. The normalized spacial score (nSPS) is 13.9. The molecule has 5 nitrogen and oxygen atoms in total. The summed E-state index contributed by atoms with van der Waals surface area (Å²) < 4.78 is 38.9. The highest BCUT2D eigenvalue weighted by Crippen LogP contribution is 2.32. The lowest BCUT2D eigenvalue weighted by Gasteiger charge is -2.17. The minimum Gasteiger partial charge on any atom is -0.267 e. The molecule has 0 unspecified atom stereocenters. The number of carbonyl (C=O) groups excluding carboxylic acids is 3. The molecule has 3 rings (SSSR count). The van der Waals surface area contributed by atoms with E-state index in [2.05, 4.69) is 0 Å². The maximum absolute atomic E-state index is 13.0. The van der Waals surface area contributed by atoms with Gasteiger partial charge in [-0.05, 0) is 24.3 Å². The van der Waals surface area contributed by atoms with Gasteiger partial charge in [-0.1, -0.05) is 24.3 Å². The number of benzene rings is 2. The summed E-state index contributed by atoms with van der Waals surface area (Å²) in [6.45, 7) is 0. The number of alkyl halides is 3. The fourth-order valence-corrected chi connectivity index (χ4v) is 2.38. The SMILES string of the molecule is O=C(NN1C(=O)c2ccccc2C1=O)c1ccccc1C(F)(F)F. The molecule has 0 aromatic heterocycles. The summed E-state index contributed by atoms with van der Waals surface area (Å²) in [5.41, 5.74) is 0.268. The Bertz CT molecular complexity index is 827. The molecule has 3 amide bonds. The number of nitrogens with one attached hydrogen (secondary N) is 1. The van der Waals surface area contributed by atoms with Gasteiger partial charge in [-0.2, -0.15) is 18.2 Å². The summed E-state index contributed by atoms with van der Waals surface area (Å²) in [7, 11) is 0. The third kappa shape index (κ3) is 2.51. The van der Waals surface area contributed by atoms with Crippen molar-refractivity contribution in [1.29, 1.82) is 0 Å². The first kappa shape index (κ1) is 15.7. The predicted molar refractivity (Wildman–Crippen MR) is 75.9 cm³/mol. The number of fused-ring (bicyclic) bond motifs is 1. The van der Waals surface area contributed by atoms with Gasteiger partial charge in [-0.15, -0.1) is 0 Å². The Morgan fingerprint density at radius 1 is 0.875 bits per heavy atom. The largest absolute Gasteiger partial charge is 0.417 e. The van der Waals surface area contributed by atoms with Crippen molar-refractivity contribution < 1.29 is 27.6 Å². The zero-order valence-corrected chi connectivity index (χ0v) is 11.9. The van der Waals surface area contributed by atoms with Crippen molar-refractivity contribution >= 4 is 17.7 Å². The Balaban J connectivity index is 1.90. The molecule has 1 aliphatic heterocycles. The van der Waals surface area contributed by atoms with Crippen LogP contribution in [0.25, 0.3) is 0 Å². The van der Waals surface area contributed by atoms with Gasteiger partial charge in [-0.25, -0.2) is 0 Å². The van der Waals surface area contributed by atoms with Crippen LogP contribution >= 0.6 is 0 Å². The molecule has 1 N–H and O–H groups in total. The second kappa shape index (κ2) is 5.48. The number of hydrogen-bond acceptors (Lipinski definition) is 3. The lowest BCUT2D eigenvalue weighted by molar-refractivity contribution is -0.137. The van der Waals surface area contributed by atoms with Crippen LogP contribution in [0.2, 0.25) is 0 Å². The first-order valence-electron chi connectivity index (χ1n) is 6.75. The van der Waals surface area contributed by atoms with Gasteiger partial charge >= 0.3 is 6.18 Å². The van der Waals surface area contributed by atoms with Gasteiger partial charge < -0.3 is 0 Å². The van der Waals surface area contributed by atoms with Gasteiger partial charge in [0.05, 0.1) is 22.3 Å². The minimum absolute atomic E-state index is 0.0758. The number of hydrogen-bond donors (Lipinski definition) is 1. The number of rotatable bonds is 2. The van der Waals surface area contributed by atoms with E-state index in [0.29, 0.717) is 5.01 Å². The Labute approximate surface area is 133 Å². The van der Waals surface area contributed by atoms with E-state index in [0.717, 1.165) is 18.2 Å². The quantitative estimate of drug-likeness (QED) is 0.859. The van der Waals surface area contributed by atoms with Crippen LogP contribution in [0, 0.1) is 0 Å². The van der Waals surface area contributed by atoms with E-state index in [9.17, 15) is 27.6 Å². The molecule has 0 saturated heterocycles. The van der Waals surface area contributed by atoms with Crippen LogP contribution in [0.15, 0.2) is 48.5 Å². The van der Waals surface area contributed by atoms with Gasteiger partial charge in [0, 0.05) is 0 Å². The van der Waals surface area contributed by atoms with Crippen LogP contribution in [0.4, 0.5) is 13.2 Å². The number of carbonyl (C=O) groups is 3. The van der Waals surface area contributed by atoms with Crippen LogP contribution in [-0.2, 0) is 6.18 Å². The van der Waals surface area contributed by atoms with Gasteiger partial charge in [0.1, 0.15) is 0 Å². The second-order valence-corrected chi connectivity index (χ2v) is 4.98. The first-order valence-corrected chi connectivity index (χ1v) is 6.75. The lowest BCUT2D eigenvalue weighted by atomic mass is 10.1. The summed E-state index contributed by atoms with van der Waals surface area (Å²) in [4.78, 5) is 36.4. The van der Waals surface area contributed by atoms with Crippen LogP contribution in [0.3, 0.4) is 0 Å². The van der Waals surface area contributed by atoms with E-state index in [1.165, 1.54) is 30.3 Å². The molecule has 1 heterocycles. The van der Waals surface area contributed by atoms with Crippen molar-refractivity contribution in [1.82, 2.24) is 10.4 Å². The smallest absolute Gasteiger partial charge is 0.267 e. The van der Waals surface area contributed by atoms with E-state index in [1.807, 2.05) is 5.43 Å². The molecule has 0 aliphatic carbocycles. The number of hydrazine groups is 1. The Morgan fingerprint density at radius 3 is 1.92 bits per heavy atom. The van der Waals surface area contributed by atoms with Crippen molar-refractivity contribution in [3.05, 3.63) is 70.8 Å². The van der Waals surface area contributed by atoms with Crippen LogP contribution in [-0.4, -0.2) is 22.7 Å². The van der Waals surface area contributed by atoms with E-state index < -0.39 is 35.0 Å². The standard InChI is InChI=1S/C16H9F3N2O3/c17-16(18,19)12-8-4-3-7-11(12)13(22)20-21-14(23)9-5-1-2-6-10(9)15(21)24/h1-8H,(H,20,22). The minimum atomic E-state index is -4.74. The molecule has 8 heteroatoms. The summed E-state index contributed by atoms with van der Waals surface area (Å²) in [6.07, 6.45) is -4.74. The molecular weight excluding hydrogens is 325 g/mol. The summed E-state index contributed by atoms with van der Waals surface area (Å²) >= 11 is 0. The Hall–Kier alpha value is -3.16. The molecule has 24 heavy (non-hydrogen) atoms. The number of imide groups is 1. The van der Waals surface area contributed by atoms with E-state index in [1.54, 1.807) is 0 Å². The molecule has 2 aromatic rings. The van der Waals surface area contributed by atoms with Gasteiger partial charge in [-0.3, -0.25) is 19.8 Å². The molecule has 0 fully saturated rings. The zero-order valence-electron chi connectivity index (χ0n) is 11.9. The first-order chi connectivity index (χ1) is 11.3. The zero-order chi connectivity index (χ0) is 17.5. The predicted octanol–water partition coefficient (Wildman–Crippen LogP) is 2.65. The number of halogens is 3. The van der Waals surface area contributed by atoms with Crippen molar-refractivity contribution in [2.24, 2.45) is 0 Å². The highest BCUT2D eigenvalue weighted by atomic mass is 19.4. The third-order valence-electron chi connectivity index (χ3n) is 3.48. The van der Waals surface area contributed by atoms with Gasteiger partial charge in [0.2, 0.25) is 0 Å². The summed E-state index contributed by atoms with van der Waals surface area (Å²) in [5, 5.41) is 0.417. The average molecular weight is 334 g/mol. The summed E-state index contributed by atoms with van der Waals surface area (Å²) in [6, 6.07) is 9.97. The van der Waals surface area contributed by atoms with E-state index in [-0.39, 0.29) is 11.1 Å². The molecule has 0 saturated carbocycles. The monoisotopic (exact) mass is 334 g/mol. The Morgan fingerprint density at radius 2 is 1.38 bits per heavy atom. The fourth-order valence-electron chi connectivity index (χ4n) is 2.38. The second-order valence-electron chi connectivity index (χ2n) is 4.98. The maximum atomic E-state index is 13.0. The molecule has 0 atom stereocenters. The molecule has 0 radical (unpaired) electrons. The molecule has 2 aromatic carbocycles. The number of nitrogens with zero attached hydrogens (tertiary/aromatic N) is 1. The maximum Gasteiger partial charge on any atom is 0.417 e. The van der Waals surface area contributed by atoms with Crippen molar-refractivity contribution in [3.8, 4) is 0 Å². The van der Waals surface area contributed by atoms with Crippen LogP contribution in [0.5, 0.6) is 0 Å². The molecular formula is C16H9F3N2O3. The number of amides is 3. The highest BCUT2D eigenvalue weighted by molar-refractivity contribution is 6.22. The van der Waals surface area contributed by atoms with Gasteiger partial charge in [0.25, 0.3) is 17.7 Å². The van der Waals surface area contributed by atoms with Crippen molar-refractivity contribution in [2.45, 2.75) is 6.18 Å². The summed E-state index contributed by atoms with van der Waals surface area (Å²) in [5.74, 6) is -2.79. The fraction of sp³-hybridized carbons (Fsp3) is 0.0625. The van der Waals surface area contributed by atoms with Gasteiger partial charge in [0.15, 0.2) is 0 Å². The van der Waals surface area contributed by atoms with Crippen LogP contribution < -0.4 is 5.43 Å². The van der Waals surface area contributed by atoms with Crippen LogP contribution in [0.1, 0.15) is 36.6 Å². The average Bonchev–Trinajstić information content (AvgIpc) is 2.79. The third-order valence-corrected chi connectivity index (χ3v) is 3.48. The van der Waals surface area contributed by atoms with Crippen molar-refractivity contribution in [3.63, 3.8) is 0 Å². The topological polar surface area (TPSA) is 66.5 Å². The van der Waals surface area contributed by atoms with E-state index in [4.69, 9.17) is 0 Å². The molecule has 0 bridgehead atoms. The highest BCUT2D eigenvalue weighted by Gasteiger charge is 2.39. The van der Waals surface area contributed by atoms with Crippen molar-refractivity contribution in [2.75, 3.05) is 0 Å². The van der Waals surface area contributed by atoms with E-state index >= 15 is 0 Å². The molecule has 122 valence electrons. The Kier molecular flexibility index (Phi) is 3.59.